The zero-order chi connectivity index (χ0) is 26.2. The Kier molecular flexibility index (Phi) is 6.16. The third kappa shape index (κ3) is 4.65. The van der Waals surface area contributed by atoms with Crippen LogP contribution in [0.1, 0.15) is 11.3 Å². The van der Waals surface area contributed by atoms with Crippen LogP contribution >= 0.6 is 0 Å². The minimum absolute atomic E-state index is 0.0119. The second kappa shape index (κ2) is 9.45. The molecule has 3 aromatic heterocycles. The molecule has 5 aromatic rings. The molecule has 0 atom stereocenters. The maximum Gasteiger partial charge on any atom is 0.433 e. The van der Waals surface area contributed by atoms with Gasteiger partial charge in [-0.3, -0.25) is 0 Å². The topological polar surface area (TPSA) is 75.2 Å². The number of rotatable bonds is 6. The largest absolute Gasteiger partial charge is 0.497 e. The lowest BCUT2D eigenvalue weighted by Gasteiger charge is -2.12. The summed E-state index contributed by atoms with van der Waals surface area (Å²) >= 11 is 0. The Morgan fingerprint density at radius 1 is 0.838 bits per heavy atom. The number of alkyl halides is 3. The highest BCUT2D eigenvalue weighted by molar-refractivity contribution is 5.76. The number of hydrogen-bond acceptors (Lipinski definition) is 6. The SMILES string of the molecule is COc1ccc(-c2nn(-c3nc(-c4ccco4)cc(C(F)(F)F)n3)c(-c3ccc(OC)cc3)c2C)cc1. The summed E-state index contributed by atoms with van der Waals surface area (Å²) in [6.45, 7) is 1.85. The second-order valence-corrected chi connectivity index (χ2v) is 8.10. The zero-order valence-corrected chi connectivity index (χ0v) is 20.1. The monoisotopic (exact) mass is 506 g/mol. The van der Waals surface area contributed by atoms with Crippen molar-refractivity contribution < 1.29 is 27.1 Å². The summed E-state index contributed by atoms with van der Waals surface area (Å²) in [5, 5.41) is 4.69. The molecule has 0 saturated heterocycles. The number of hydrogen-bond donors (Lipinski definition) is 0. The Balaban J connectivity index is 1.76. The first kappa shape index (κ1) is 24.1. The summed E-state index contributed by atoms with van der Waals surface area (Å²) in [5.41, 5.74) is 2.17. The van der Waals surface area contributed by atoms with Crippen molar-refractivity contribution in [2.45, 2.75) is 13.1 Å². The van der Waals surface area contributed by atoms with Gasteiger partial charge in [0.1, 0.15) is 17.2 Å². The Morgan fingerprint density at radius 3 is 2.00 bits per heavy atom. The van der Waals surface area contributed by atoms with Crippen molar-refractivity contribution >= 4 is 0 Å². The highest BCUT2D eigenvalue weighted by Crippen LogP contribution is 2.36. The van der Waals surface area contributed by atoms with Gasteiger partial charge in [0.25, 0.3) is 5.95 Å². The predicted molar refractivity (Wildman–Crippen MR) is 131 cm³/mol. The Morgan fingerprint density at radius 2 is 1.46 bits per heavy atom. The highest BCUT2D eigenvalue weighted by atomic mass is 19.4. The zero-order valence-electron chi connectivity index (χ0n) is 20.1. The van der Waals surface area contributed by atoms with Gasteiger partial charge < -0.3 is 13.9 Å². The Hall–Kier alpha value is -4.60. The van der Waals surface area contributed by atoms with Crippen LogP contribution in [0.5, 0.6) is 11.5 Å². The first-order valence-electron chi connectivity index (χ1n) is 11.2. The molecule has 7 nitrogen and oxygen atoms in total. The van der Waals surface area contributed by atoms with E-state index in [1.807, 2.05) is 19.1 Å². The number of ether oxygens (including phenoxy) is 2. The summed E-state index contributed by atoms with van der Waals surface area (Å²) in [6, 6.07) is 18.3. The van der Waals surface area contributed by atoms with Crippen molar-refractivity contribution in [3.8, 4) is 51.4 Å². The summed E-state index contributed by atoms with van der Waals surface area (Å²) in [6.07, 6.45) is -3.34. The third-order valence-electron chi connectivity index (χ3n) is 5.82. The summed E-state index contributed by atoms with van der Waals surface area (Å²) in [7, 11) is 3.12. The average Bonchev–Trinajstić information content (AvgIpc) is 3.57. The van der Waals surface area contributed by atoms with E-state index in [1.165, 1.54) is 17.0 Å². The molecule has 0 amide bonds. The van der Waals surface area contributed by atoms with Gasteiger partial charge in [0.05, 0.1) is 31.9 Å². The van der Waals surface area contributed by atoms with E-state index in [-0.39, 0.29) is 17.4 Å². The Bertz CT molecular complexity index is 1530. The molecule has 0 radical (unpaired) electrons. The van der Waals surface area contributed by atoms with Gasteiger partial charge >= 0.3 is 6.18 Å². The van der Waals surface area contributed by atoms with Crippen LogP contribution in [0.15, 0.2) is 77.4 Å². The smallest absolute Gasteiger partial charge is 0.433 e. The van der Waals surface area contributed by atoms with E-state index < -0.39 is 11.9 Å². The van der Waals surface area contributed by atoms with Gasteiger partial charge in [0.15, 0.2) is 11.5 Å². The van der Waals surface area contributed by atoms with Crippen LogP contribution in [0, 0.1) is 6.92 Å². The molecule has 0 aliphatic rings. The van der Waals surface area contributed by atoms with Gasteiger partial charge in [-0.1, -0.05) is 0 Å². The molecule has 0 saturated carbocycles. The van der Waals surface area contributed by atoms with E-state index in [2.05, 4.69) is 9.97 Å². The van der Waals surface area contributed by atoms with E-state index in [9.17, 15) is 13.2 Å². The van der Waals surface area contributed by atoms with Crippen molar-refractivity contribution in [1.82, 2.24) is 19.7 Å². The van der Waals surface area contributed by atoms with Crippen molar-refractivity contribution in [1.29, 1.82) is 0 Å². The molecule has 3 heterocycles. The minimum atomic E-state index is -4.71. The second-order valence-electron chi connectivity index (χ2n) is 8.10. The van der Waals surface area contributed by atoms with E-state index in [0.717, 1.165) is 17.2 Å². The molecule has 0 aliphatic carbocycles. The Labute approximate surface area is 210 Å². The normalized spacial score (nSPS) is 11.5. The van der Waals surface area contributed by atoms with Gasteiger partial charge in [-0.05, 0) is 73.7 Å². The highest BCUT2D eigenvalue weighted by Gasteiger charge is 2.35. The van der Waals surface area contributed by atoms with Crippen LogP contribution in [0.2, 0.25) is 0 Å². The van der Waals surface area contributed by atoms with Gasteiger partial charge in [0.2, 0.25) is 0 Å². The van der Waals surface area contributed by atoms with Crippen LogP contribution < -0.4 is 9.47 Å². The fourth-order valence-corrected chi connectivity index (χ4v) is 3.98. The van der Waals surface area contributed by atoms with E-state index >= 15 is 0 Å². The van der Waals surface area contributed by atoms with Gasteiger partial charge in [-0.25, -0.2) is 9.97 Å². The molecule has 5 rings (SSSR count). The lowest BCUT2D eigenvalue weighted by Crippen LogP contribution is -2.14. The van der Waals surface area contributed by atoms with Crippen LogP contribution in [0.25, 0.3) is 39.9 Å². The van der Waals surface area contributed by atoms with Crippen LogP contribution in [-0.4, -0.2) is 34.0 Å². The van der Waals surface area contributed by atoms with Gasteiger partial charge in [-0.15, -0.1) is 0 Å². The number of halogens is 3. The van der Waals surface area contributed by atoms with Crippen LogP contribution in [-0.2, 0) is 6.18 Å². The van der Waals surface area contributed by atoms with Crippen molar-refractivity contribution in [3.05, 3.63) is 84.3 Å². The fourth-order valence-electron chi connectivity index (χ4n) is 3.98. The molecular weight excluding hydrogens is 485 g/mol. The fraction of sp³-hybridized carbons (Fsp3) is 0.148. The van der Waals surface area contributed by atoms with Crippen molar-refractivity contribution in [2.75, 3.05) is 14.2 Å². The third-order valence-corrected chi connectivity index (χ3v) is 5.82. The molecule has 0 fully saturated rings. The van der Waals surface area contributed by atoms with Crippen LogP contribution in [0.3, 0.4) is 0 Å². The summed E-state index contributed by atoms with van der Waals surface area (Å²) in [4.78, 5) is 8.26. The summed E-state index contributed by atoms with van der Waals surface area (Å²) in [5.74, 6) is 1.24. The number of methoxy groups -OCH3 is 2. The van der Waals surface area contributed by atoms with Crippen LogP contribution in [0.4, 0.5) is 13.2 Å². The molecule has 0 bridgehead atoms. The van der Waals surface area contributed by atoms with E-state index in [4.69, 9.17) is 19.0 Å². The maximum absolute atomic E-state index is 13.9. The first-order chi connectivity index (χ1) is 17.8. The standard InChI is InChI=1S/C27H21F3N4O3/c1-16-24(17-6-10-19(35-2)11-7-17)33-34(25(16)18-8-12-20(36-3)13-9-18)26-31-21(22-5-4-14-37-22)15-23(32-26)27(28,29)30/h4-15H,1-3H3. The van der Waals surface area contributed by atoms with Gasteiger partial charge in [-0.2, -0.15) is 23.0 Å². The van der Waals surface area contributed by atoms with Gasteiger partial charge in [0, 0.05) is 16.7 Å². The quantitative estimate of drug-likeness (QED) is 0.258. The van der Waals surface area contributed by atoms with E-state index in [0.29, 0.717) is 28.5 Å². The molecule has 188 valence electrons. The number of nitrogens with zero attached hydrogens (tertiary/aromatic N) is 4. The molecular formula is C27H21F3N4O3. The molecule has 2 aromatic carbocycles. The average molecular weight is 506 g/mol. The van der Waals surface area contributed by atoms with Crippen molar-refractivity contribution in [2.24, 2.45) is 0 Å². The molecule has 10 heteroatoms. The lowest BCUT2D eigenvalue weighted by molar-refractivity contribution is -0.141. The van der Waals surface area contributed by atoms with Crippen molar-refractivity contribution in [3.63, 3.8) is 0 Å². The molecule has 0 N–H and O–H groups in total. The number of furan rings is 1. The molecule has 0 unspecified atom stereocenters. The molecule has 0 spiro atoms. The first-order valence-corrected chi connectivity index (χ1v) is 11.2. The molecule has 0 aliphatic heterocycles. The molecule has 37 heavy (non-hydrogen) atoms. The van der Waals surface area contributed by atoms with E-state index in [1.54, 1.807) is 56.7 Å². The number of aromatic nitrogens is 4. The minimum Gasteiger partial charge on any atom is -0.497 e. The summed E-state index contributed by atoms with van der Waals surface area (Å²) < 4.78 is 58.7. The predicted octanol–water partition coefficient (Wildman–Crippen LogP) is 6.60. The number of benzene rings is 2. The maximum atomic E-state index is 13.9. The lowest BCUT2D eigenvalue weighted by atomic mass is 10.0.